The van der Waals surface area contributed by atoms with Crippen LogP contribution in [0.1, 0.15) is 19.4 Å². The minimum absolute atomic E-state index is 0.0612. The van der Waals surface area contributed by atoms with Crippen LogP contribution < -0.4 is 10.6 Å². The number of aryl methyl sites for hydroxylation is 1. The number of nitrogens with one attached hydrogen (secondary N) is 2. The first kappa shape index (κ1) is 20.7. The van der Waals surface area contributed by atoms with E-state index in [1.165, 1.54) is 32.2 Å². The van der Waals surface area contributed by atoms with E-state index in [4.69, 9.17) is 0 Å². The molecule has 1 aromatic carbocycles. The average Bonchev–Trinajstić information content (AvgIpc) is 2.49. The quantitative estimate of drug-likeness (QED) is 0.461. The zero-order valence-corrected chi connectivity index (χ0v) is 13.8. The molecule has 2 N–H and O–H groups in total. The van der Waals surface area contributed by atoms with Crippen LogP contribution in [0.3, 0.4) is 0 Å². The third kappa shape index (κ3) is 4.81. The van der Waals surface area contributed by atoms with Crippen molar-refractivity contribution in [2.24, 2.45) is 0 Å². The van der Waals surface area contributed by atoms with Gasteiger partial charge in [0.25, 0.3) is 0 Å². The van der Waals surface area contributed by atoms with Gasteiger partial charge in [-0.2, -0.15) is 13.2 Å². The number of ether oxygens (including phenoxy) is 2. The van der Waals surface area contributed by atoms with Crippen molar-refractivity contribution in [1.82, 2.24) is 5.32 Å². The molecule has 0 spiro atoms. The summed E-state index contributed by atoms with van der Waals surface area (Å²) in [7, 11) is 0. The van der Waals surface area contributed by atoms with Crippen LogP contribution in [0.15, 0.2) is 18.2 Å². The summed E-state index contributed by atoms with van der Waals surface area (Å²) in [4.78, 5) is 23.8. The van der Waals surface area contributed by atoms with E-state index >= 15 is 0 Å². The largest absolute Gasteiger partial charge is 0.462 e. The molecule has 6 nitrogen and oxygen atoms in total. The molecule has 0 aromatic heterocycles. The molecule has 0 radical (unpaired) electrons. The fourth-order valence-electron chi connectivity index (χ4n) is 1.91. The lowest BCUT2D eigenvalue weighted by molar-refractivity contribution is -0.282. The highest BCUT2D eigenvalue weighted by molar-refractivity contribution is 5.94. The summed E-state index contributed by atoms with van der Waals surface area (Å²) in [6.07, 6.45) is -5.29. The van der Waals surface area contributed by atoms with Gasteiger partial charge < -0.3 is 14.8 Å². The molecule has 1 rings (SSSR count). The Balaban J connectivity index is 3.13. The highest BCUT2D eigenvalue weighted by Gasteiger charge is 2.64. The number of carbonyl (C=O) groups excluding carboxylic acids is 2. The van der Waals surface area contributed by atoms with Crippen LogP contribution in [0.2, 0.25) is 0 Å². The fourth-order valence-corrected chi connectivity index (χ4v) is 1.91. The van der Waals surface area contributed by atoms with E-state index in [-0.39, 0.29) is 12.3 Å². The monoisotopic (exact) mass is 366 g/mol. The van der Waals surface area contributed by atoms with Gasteiger partial charge in [0.05, 0.1) is 6.61 Å². The molecule has 0 unspecified atom stereocenters. The number of anilines is 1. The fraction of sp³-hybridized carbons (Fsp3) is 0.467. The Morgan fingerprint density at radius 2 is 1.80 bits per heavy atom. The van der Waals surface area contributed by atoms with Crippen LogP contribution in [0.25, 0.3) is 0 Å². The van der Waals surface area contributed by atoms with Crippen molar-refractivity contribution in [2.45, 2.75) is 32.7 Å². The summed E-state index contributed by atoms with van der Waals surface area (Å²) in [6.45, 7) is 3.16. The van der Waals surface area contributed by atoms with Gasteiger partial charge >= 0.3 is 23.9 Å². The van der Waals surface area contributed by atoms with E-state index in [0.29, 0.717) is 5.56 Å². The van der Waals surface area contributed by atoms with Crippen molar-refractivity contribution < 1.29 is 36.6 Å². The second-order valence-electron chi connectivity index (χ2n) is 4.87. The van der Waals surface area contributed by atoms with Gasteiger partial charge in [-0.1, -0.05) is 6.07 Å². The van der Waals surface area contributed by atoms with Crippen LogP contribution >= 0.6 is 0 Å². The molecule has 0 fully saturated rings. The Bertz CT molecular complexity index is 636. The highest BCUT2D eigenvalue weighted by Crippen LogP contribution is 2.33. The number of benzene rings is 1. The van der Waals surface area contributed by atoms with Crippen LogP contribution in [-0.2, 0) is 14.3 Å². The predicted molar refractivity (Wildman–Crippen MR) is 80.3 cm³/mol. The summed E-state index contributed by atoms with van der Waals surface area (Å²) in [5.74, 6) is -2.51. The van der Waals surface area contributed by atoms with Crippen molar-refractivity contribution in [3.63, 3.8) is 0 Å². The molecule has 0 aliphatic rings. The minimum Gasteiger partial charge on any atom is -0.462 e. The third-order valence-electron chi connectivity index (χ3n) is 3.06. The summed E-state index contributed by atoms with van der Waals surface area (Å²) in [5.41, 5.74) is -3.33. The Kier molecular flexibility index (Phi) is 6.74. The molecular formula is C15H18F4N2O4. The number of esters is 1. The molecule has 10 heteroatoms. The molecule has 0 aliphatic carbocycles. The second-order valence-corrected chi connectivity index (χ2v) is 4.87. The van der Waals surface area contributed by atoms with E-state index in [2.05, 4.69) is 14.8 Å². The molecule has 25 heavy (non-hydrogen) atoms. The Morgan fingerprint density at radius 1 is 1.16 bits per heavy atom. The summed E-state index contributed by atoms with van der Waals surface area (Å²) in [6, 6.07) is 1.97. The van der Waals surface area contributed by atoms with Gasteiger partial charge in [0.2, 0.25) is 0 Å². The smallest absolute Gasteiger partial charge is 0.448 e. The molecule has 0 aliphatic heterocycles. The van der Waals surface area contributed by atoms with Crippen LogP contribution in [0, 0.1) is 12.7 Å². The first-order chi connectivity index (χ1) is 11.6. The number of hydrogen-bond acceptors (Lipinski definition) is 4. The van der Waals surface area contributed by atoms with Crippen molar-refractivity contribution in [3.8, 4) is 0 Å². The minimum atomic E-state index is -5.29. The number of alkyl halides is 3. The maximum Gasteiger partial charge on any atom is 0.448 e. The van der Waals surface area contributed by atoms with E-state index < -0.39 is 36.3 Å². The molecule has 0 heterocycles. The van der Waals surface area contributed by atoms with Gasteiger partial charge in [0.1, 0.15) is 5.82 Å². The van der Waals surface area contributed by atoms with Gasteiger partial charge in [0, 0.05) is 12.3 Å². The summed E-state index contributed by atoms with van der Waals surface area (Å²) >= 11 is 0. The van der Waals surface area contributed by atoms with Gasteiger partial charge in [-0.25, -0.2) is 14.0 Å². The third-order valence-corrected chi connectivity index (χ3v) is 3.06. The number of carbonyl (C=O) groups is 2. The van der Waals surface area contributed by atoms with E-state index in [0.717, 1.165) is 12.1 Å². The topological polar surface area (TPSA) is 76.7 Å². The molecule has 1 aromatic rings. The molecule has 0 saturated heterocycles. The first-order valence-electron chi connectivity index (χ1n) is 7.30. The predicted octanol–water partition coefficient (Wildman–Crippen LogP) is 3.11. The maximum atomic E-state index is 13.5. The zero-order valence-electron chi connectivity index (χ0n) is 13.8. The molecular weight excluding hydrogens is 348 g/mol. The number of amides is 2. The van der Waals surface area contributed by atoms with E-state index in [9.17, 15) is 27.2 Å². The zero-order chi connectivity index (χ0) is 19.3. The first-order valence-corrected chi connectivity index (χ1v) is 7.30. The average molecular weight is 366 g/mol. The lowest BCUT2D eigenvalue weighted by Gasteiger charge is -2.33. The number of halogens is 4. The Labute approximate surface area is 141 Å². The van der Waals surface area contributed by atoms with Gasteiger partial charge in [0.15, 0.2) is 0 Å². The van der Waals surface area contributed by atoms with Crippen LogP contribution in [0.4, 0.5) is 28.0 Å². The number of rotatable bonds is 6. The molecule has 0 bridgehead atoms. The number of urea groups is 1. The molecule has 1 atom stereocenters. The molecule has 0 saturated carbocycles. The van der Waals surface area contributed by atoms with Gasteiger partial charge in [-0.05, 0) is 38.5 Å². The Hall–Kier alpha value is -2.36. The normalized spacial score (nSPS) is 13.7. The lowest BCUT2D eigenvalue weighted by Crippen LogP contribution is -2.67. The van der Waals surface area contributed by atoms with Gasteiger partial charge in [-0.15, -0.1) is 0 Å². The molecule has 140 valence electrons. The standard InChI is InChI=1S/C15H18F4N2O4/c1-4-24-12(22)14(25-5-2,15(17,18)19)21-13(23)20-11-8-10(16)7-6-9(11)3/h6-8H,4-5H2,1-3H3,(H2,20,21,23)/t14-/m1/s1. The van der Waals surface area contributed by atoms with Gasteiger partial charge in [-0.3, -0.25) is 5.32 Å². The number of hydrogen-bond donors (Lipinski definition) is 2. The van der Waals surface area contributed by atoms with Crippen molar-refractivity contribution >= 4 is 17.7 Å². The summed E-state index contributed by atoms with van der Waals surface area (Å²) in [5, 5.41) is 3.51. The van der Waals surface area contributed by atoms with Crippen molar-refractivity contribution in [3.05, 3.63) is 29.6 Å². The van der Waals surface area contributed by atoms with E-state index in [1.54, 1.807) is 0 Å². The maximum absolute atomic E-state index is 13.5. The second kappa shape index (κ2) is 8.15. The van der Waals surface area contributed by atoms with Crippen molar-refractivity contribution in [2.75, 3.05) is 18.5 Å². The van der Waals surface area contributed by atoms with Crippen molar-refractivity contribution in [1.29, 1.82) is 0 Å². The SMILES string of the molecule is CCOC(=O)[C@@](NC(=O)Nc1cc(F)ccc1C)(OCC)C(F)(F)F. The highest BCUT2D eigenvalue weighted by atomic mass is 19.4. The lowest BCUT2D eigenvalue weighted by atomic mass is 10.2. The molecule has 2 amide bonds. The summed E-state index contributed by atoms with van der Waals surface area (Å²) < 4.78 is 62.5. The van der Waals surface area contributed by atoms with E-state index in [1.807, 2.05) is 0 Å². The van der Waals surface area contributed by atoms with Crippen LogP contribution in [-0.4, -0.2) is 37.1 Å². The van der Waals surface area contributed by atoms with Crippen LogP contribution in [0.5, 0.6) is 0 Å². The Morgan fingerprint density at radius 3 is 2.32 bits per heavy atom.